The molecule has 0 aliphatic carbocycles. The van der Waals surface area contributed by atoms with Gasteiger partial charge in [-0.1, -0.05) is 313 Å². The van der Waals surface area contributed by atoms with Gasteiger partial charge in [0.2, 0.25) is 0 Å². The predicted molar refractivity (Wildman–Crippen MR) is 390 cm³/mol. The second-order valence-electron chi connectivity index (χ2n) is 28.7. The quantitative estimate of drug-likeness (QED) is 0.127. The van der Waals surface area contributed by atoms with Crippen LogP contribution in [0.4, 0.5) is 34.1 Å². The topological polar surface area (TPSA) is 6.48 Å². The standard InChI is InChI=1S/C89H84N2/c1-85(2,3)70-51-66(52-71(58-70)86(4,5)6)65-39-30-43-76(56-65)90(84-78(62-34-19-14-20-35-62)44-31-45-79(84)63-36-21-15-22-37-63)77-57-68(67-53-72(87(7,8)9)59-73(54-67)88(10,11)12)55-74(60-77)89(69-40-29-38-64(50-69)61-32-17-13-18-33-61)80-46-25-27-48-82(80)91(75-41-23-16-24-42-75)83-49-28-26-47-81(83)89/h13-60H,1-12H3/i13D,17D,18D,32D,33D. The molecular weight excluding hydrogens is 1100 g/mol. The zero-order valence-corrected chi connectivity index (χ0v) is 54.7. The van der Waals surface area contributed by atoms with Crippen molar-refractivity contribution < 1.29 is 6.85 Å². The zero-order valence-electron chi connectivity index (χ0n) is 59.7. The highest BCUT2D eigenvalue weighted by Gasteiger charge is 2.47. The number of nitrogens with zero attached hydrogens (tertiary/aromatic N) is 2. The monoisotopic (exact) mass is 1190 g/mol. The maximum Gasteiger partial charge on any atom is 0.0743 e. The van der Waals surface area contributed by atoms with E-state index in [1.54, 1.807) is 0 Å². The fourth-order valence-corrected chi connectivity index (χ4v) is 13.4. The number of hydrogen-bond acceptors (Lipinski definition) is 2. The fourth-order valence-electron chi connectivity index (χ4n) is 13.4. The molecule has 0 saturated carbocycles. The van der Waals surface area contributed by atoms with Crippen LogP contribution in [0.25, 0.3) is 55.6 Å². The van der Waals surface area contributed by atoms with Gasteiger partial charge >= 0.3 is 0 Å². The van der Waals surface area contributed by atoms with Crippen LogP contribution in [-0.4, -0.2) is 0 Å². The third-order valence-electron chi connectivity index (χ3n) is 18.3. The number of anilines is 6. The van der Waals surface area contributed by atoms with Crippen molar-refractivity contribution in [1.29, 1.82) is 0 Å². The summed E-state index contributed by atoms with van der Waals surface area (Å²) in [6.45, 7) is 27.6. The number of benzene rings is 12. The normalized spacial score (nSPS) is 13.9. The molecule has 0 fully saturated rings. The number of para-hydroxylation sites is 4. The minimum atomic E-state index is -1.17. The van der Waals surface area contributed by atoms with Crippen LogP contribution in [0.3, 0.4) is 0 Å². The molecular formula is C89H84N2. The smallest absolute Gasteiger partial charge is 0.0743 e. The van der Waals surface area contributed by atoms with Crippen LogP contribution in [0.15, 0.2) is 291 Å². The molecule has 0 atom stereocenters. The van der Waals surface area contributed by atoms with E-state index in [0.717, 1.165) is 101 Å². The van der Waals surface area contributed by atoms with E-state index in [1.165, 1.54) is 22.3 Å². The minimum absolute atomic E-state index is 0.120. The Morgan fingerprint density at radius 2 is 0.703 bits per heavy atom. The molecule has 12 aromatic rings. The maximum absolute atomic E-state index is 9.46. The summed E-state index contributed by atoms with van der Waals surface area (Å²) in [6, 6.07) is 93.5. The highest BCUT2D eigenvalue weighted by molar-refractivity contribution is 5.99. The van der Waals surface area contributed by atoms with Crippen LogP contribution in [-0.2, 0) is 27.1 Å². The van der Waals surface area contributed by atoms with Crippen LogP contribution in [0.5, 0.6) is 0 Å². The molecule has 13 rings (SSSR count). The summed E-state index contributed by atoms with van der Waals surface area (Å²) >= 11 is 0. The summed E-state index contributed by atoms with van der Waals surface area (Å²) in [5, 5.41) is 0. The van der Waals surface area contributed by atoms with Crippen molar-refractivity contribution in [3.8, 4) is 55.6 Å². The third kappa shape index (κ3) is 11.5. The molecule has 1 aliphatic rings. The summed E-state index contributed by atoms with van der Waals surface area (Å²) in [6.07, 6.45) is 0. The van der Waals surface area contributed by atoms with Gasteiger partial charge in [0.15, 0.2) is 0 Å². The Hall–Kier alpha value is -9.76. The Labute approximate surface area is 549 Å². The van der Waals surface area contributed by atoms with E-state index < -0.39 is 11.5 Å². The largest absolute Gasteiger partial charge is 0.310 e. The Balaban J connectivity index is 1.24. The first-order chi connectivity index (χ1) is 45.7. The van der Waals surface area contributed by atoms with Crippen LogP contribution < -0.4 is 9.80 Å². The highest BCUT2D eigenvalue weighted by atomic mass is 15.2. The summed E-state index contributed by atoms with van der Waals surface area (Å²) in [7, 11) is 0. The van der Waals surface area contributed by atoms with Crippen molar-refractivity contribution in [2.75, 3.05) is 9.80 Å². The van der Waals surface area contributed by atoms with Crippen LogP contribution in [0.2, 0.25) is 0 Å². The Morgan fingerprint density at radius 1 is 0.308 bits per heavy atom. The van der Waals surface area contributed by atoms with Crippen molar-refractivity contribution in [3.05, 3.63) is 336 Å². The second kappa shape index (κ2) is 23.6. The van der Waals surface area contributed by atoms with Crippen LogP contribution in [0, 0.1) is 0 Å². The SMILES string of the molecule is [2H]c1c([2H])c([2H])c(-c2cccc(C3(c4cc(-c5cc(C(C)(C)C)cc(C(C)(C)C)c5)cc(N(c5cccc(-c6cc(C(C)(C)C)cc(C(C)(C)C)c6)c5)c5c(-c6ccccc6)cccc5-c5ccccc5)c4)c4ccccc4N(c4ccccc4)c4ccccc43)c2)c([2H])c1[2H]. The van der Waals surface area contributed by atoms with Crippen molar-refractivity contribution in [3.63, 3.8) is 0 Å². The maximum atomic E-state index is 9.46. The molecule has 2 heteroatoms. The number of rotatable bonds is 11. The lowest BCUT2D eigenvalue weighted by atomic mass is 9.61. The zero-order chi connectivity index (χ0) is 67.8. The first kappa shape index (κ1) is 54.2. The second-order valence-corrected chi connectivity index (χ2v) is 28.7. The van der Waals surface area contributed by atoms with Crippen LogP contribution in [0.1, 0.15) is 134 Å². The molecule has 0 unspecified atom stereocenters. The van der Waals surface area contributed by atoms with Gasteiger partial charge in [0.05, 0.1) is 29.3 Å². The third-order valence-corrected chi connectivity index (χ3v) is 18.3. The highest BCUT2D eigenvalue weighted by Crippen LogP contribution is 2.60. The summed E-state index contributed by atoms with van der Waals surface area (Å²) in [5.41, 5.74) is 22.0. The molecule has 91 heavy (non-hydrogen) atoms. The van der Waals surface area contributed by atoms with Gasteiger partial charge in [-0.25, -0.2) is 0 Å². The van der Waals surface area contributed by atoms with E-state index in [9.17, 15) is 2.74 Å². The Kier molecular flexibility index (Phi) is 14.0. The van der Waals surface area contributed by atoms with Crippen molar-refractivity contribution in [2.24, 2.45) is 0 Å². The predicted octanol–water partition coefficient (Wildman–Crippen LogP) is 24.8. The van der Waals surface area contributed by atoms with Gasteiger partial charge < -0.3 is 9.80 Å². The van der Waals surface area contributed by atoms with Gasteiger partial charge in [0, 0.05) is 28.2 Å². The molecule has 0 aromatic heterocycles. The van der Waals surface area contributed by atoms with E-state index in [1.807, 2.05) is 12.1 Å². The van der Waals surface area contributed by atoms with Gasteiger partial charge in [0.25, 0.3) is 0 Å². The molecule has 1 aliphatic heterocycles. The average molecular weight is 1190 g/mol. The van der Waals surface area contributed by atoms with E-state index in [2.05, 4.69) is 342 Å². The lowest BCUT2D eigenvalue weighted by Crippen LogP contribution is -2.38. The number of fused-ring (bicyclic) bond motifs is 2. The summed E-state index contributed by atoms with van der Waals surface area (Å²) in [4.78, 5) is 4.89. The van der Waals surface area contributed by atoms with Gasteiger partial charge in [-0.2, -0.15) is 0 Å². The molecule has 0 spiro atoms. The molecule has 2 nitrogen and oxygen atoms in total. The van der Waals surface area contributed by atoms with Crippen molar-refractivity contribution in [1.82, 2.24) is 0 Å². The summed E-state index contributed by atoms with van der Waals surface area (Å²) in [5.74, 6) is 0. The molecule has 450 valence electrons. The Bertz CT molecular complexity index is 4730. The molecule has 0 N–H and O–H groups in total. The molecule has 0 bridgehead atoms. The lowest BCUT2D eigenvalue weighted by Gasteiger charge is -2.47. The van der Waals surface area contributed by atoms with E-state index >= 15 is 0 Å². The van der Waals surface area contributed by atoms with Gasteiger partial charge in [-0.15, -0.1) is 0 Å². The lowest BCUT2D eigenvalue weighted by molar-refractivity contribution is 0.568. The van der Waals surface area contributed by atoms with Gasteiger partial charge in [0.1, 0.15) is 0 Å². The van der Waals surface area contributed by atoms with Gasteiger partial charge in [-0.05, 0) is 171 Å². The first-order valence-electron chi connectivity index (χ1n) is 34.6. The van der Waals surface area contributed by atoms with E-state index in [0.29, 0.717) is 5.56 Å². The fraction of sp³-hybridized carbons (Fsp3) is 0.191. The molecule has 12 aromatic carbocycles. The molecule has 0 saturated heterocycles. The minimum Gasteiger partial charge on any atom is -0.310 e. The average Bonchev–Trinajstić information content (AvgIpc) is 0.692. The van der Waals surface area contributed by atoms with Crippen LogP contribution >= 0.6 is 0 Å². The van der Waals surface area contributed by atoms with E-state index in [-0.39, 0.29) is 51.4 Å². The van der Waals surface area contributed by atoms with Crippen molar-refractivity contribution in [2.45, 2.75) is 110 Å². The van der Waals surface area contributed by atoms with E-state index in [4.69, 9.17) is 4.11 Å². The number of hydrogen-bond donors (Lipinski definition) is 0. The molecule has 0 radical (unpaired) electrons. The first-order valence-corrected chi connectivity index (χ1v) is 32.1. The van der Waals surface area contributed by atoms with Crippen molar-refractivity contribution >= 4 is 34.1 Å². The molecule has 0 amide bonds. The van der Waals surface area contributed by atoms with Gasteiger partial charge in [-0.3, -0.25) is 0 Å². The Morgan fingerprint density at radius 3 is 1.21 bits per heavy atom. The molecule has 1 heterocycles. The summed E-state index contributed by atoms with van der Waals surface area (Å²) < 4.78 is 45.6.